The van der Waals surface area contributed by atoms with Crippen molar-refractivity contribution in [3.8, 4) is 17.6 Å². The lowest BCUT2D eigenvalue weighted by atomic mass is 10.1. The van der Waals surface area contributed by atoms with Crippen LogP contribution in [-0.2, 0) is 6.54 Å². The third kappa shape index (κ3) is 3.11. The number of nitrogens with zero attached hydrogens (tertiary/aromatic N) is 1. The van der Waals surface area contributed by atoms with E-state index in [9.17, 15) is 0 Å². The average molecular weight is 311 g/mol. The van der Waals surface area contributed by atoms with Crippen LogP contribution in [0.1, 0.15) is 16.7 Å². The molecule has 0 fully saturated rings. The first-order valence-electron chi connectivity index (χ1n) is 8.01. The Morgan fingerprint density at radius 1 is 0.708 bits per heavy atom. The van der Waals surface area contributed by atoms with Crippen molar-refractivity contribution in [2.45, 2.75) is 6.54 Å². The van der Waals surface area contributed by atoms with Gasteiger partial charge in [-0.1, -0.05) is 48.2 Å². The van der Waals surface area contributed by atoms with Gasteiger partial charge in [-0.15, -0.1) is 0 Å². The molecule has 0 amide bonds. The Morgan fingerprint density at radius 3 is 2.17 bits per heavy atom. The molecule has 116 valence electrons. The van der Waals surface area contributed by atoms with Gasteiger partial charge in [-0.2, -0.15) is 0 Å². The molecule has 2 nitrogen and oxygen atoms in total. The highest BCUT2D eigenvalue weighted by Crippen LogP contribution is 2.27. The molecule has 0 atom stereocenters. The quantitative estimate of drug-likeness (QED) is 0.616. The minimum absolute atomic E-state index is 0.575. The summed E-state index contributed by atoms with van der Waals surface area (Å²) in [4.78, 5) is 2.22. The Morgan fingerprint density at radius 2 is 1.38 bits per heavy atom. The summed E-state index contributed by atoms with van der Waals surface area (Å²) in [5.74, 6) is 7.38. The van der Waals surface area contributed by atoms with E-state index in [0.717, 1.165) is 29.1 Å². The van der Waals surface area contributed by atoms with Crippen LogP contribution in [0.2, 0.25) is 0 Å². The summed E-state index contributed by atoms with van der Waals surface area (Å²) in [6.45, 7) is 1.44. The second-order valence-corrected chi connectivity index (χ2v) is 5.74. The summed E-state index contributed by atoms with van der Waals surface area (Å²) in [7, 11) is 0. The van der Waals surface area contributed by atoms with Crippen LogP contribution in [0, 0.1) is 11.8 Å². The van der Waals surface area contributed by atoms with E-state index in [1.807, 2.05) is 48.5 Å². The monoisotopic (exact) mass is 311 g/mol. The van der Waals surface area contributed by atoms with Gasteiger partial charge in [0.2, 0.25) is 0 Å². The van der Waals surface area contributed by atoms with E-state index in [4.69, 9.17) is 4.74 Å². The summed E-state index contributed by atoms with van der Waals surface area (Å²) in [5.41, 5.74) is 4.41. The lowest BCUT2D eigenvalue weighted by Gasteiger charge is -2.30. The van der Waals surface area contributed by atoms with Crippen molar-refractivity contribution >= 4 is 5.69 Å². The Kier molecular flexibility index (Phi) is 3.91. The van der Waals surface area contributed by atoms with Crippen LogP contribution in [0.3, 0.4) is 0 Å². The van der Waals surface area contributed by atoms with Crippen molar-refractivity contribution < 1.29 is 4.74 Å². The molecular weight excluding hydrogens is 294 g/mol. The Balaban J connectivity index is 1.50. The largest absolute Gasteiger partial charge is 0.473 e. The number of rotatable bonds is 1. The van der Waals surface area contributed by atoms with E-state index in [2.05, 4.69) is 47.1 Å². The van der Waals surface area contributed by atoms with Crippen LogP contribution in [0.25, 0.3) is 0 Å². The zero-order valence-corrected chi connectivity index (χ0v) is 13.3. The molecule has 4 rings (SSSR count). The number of anilines is 1. The first-order valence-corrected chi connectivity index (χ1v) is 8.01. The average Bonchev–Trinajstić information content (AvgIpc) is 2.67. The maximum absolute atomic E-state index is 5.82. The first kappa shape index (κ1) is 14.4. The third-order valence-corrected chi connectivity index (χ3v) is 4.07. The standard InChI is InChI=1S/C22H17NO/c1-2-6-18(7-3-1)10-11-19-12-14-21(15-13-19)23-16-20-8-4-5-9-22(20)24-17-23/h1-9,12-15H,16-17H2. The SMILES string of the molecule is C(#Cc1ccc(N2COc3ccccc3C2)cc1)c1ccccc1. The van der Waals surface area contributed by atoms with Crippen molar-refractivity contribution in [1.29, 1.82) is 0 Å². The van der Waals surface area contributed by atoms with E-state index < -0.39 is 0 Å². The summed E-state index contributed by atoms with van der Waals surface area (Å²) in [6, 6.07) is 26.6. The maximum Gasteiger partial charge on any atom is 0.161 e. The normalized spacial score (nSPS) is 12.6. The van der Waals surface area contributed by atoms with Crippen LogP contribution >= 0.6 is 0 Å². The molecule has 0 aromatic heterocycles. The highest BCUT2D eigenvalue weighted by atomic mass is 16.5. The lowest BCUT2D eigenvalue weighted by Crippen LogP contribution is -2.31. The van der Waals surface area contributed by atoms with Gasteiger partial charge >= 0.3 is 0 Å². The highest BCUT2D eigenvalue weighted by Gasteiger charge is 2.16. The molecule has 1 aliphatic heterocycles. The fraction of sp³-hybridized carbons (Fsp3) is 0.0909. The molecule has 0 aliphatic carbocycles. The van der Waals surface area contributed by atoms with E-state index in [1.54, 1.807) is 0 Å². The predicted octanol–water partition coefficient (Wildman–Crippen LogP) is 4.44. The van der Waals surface area contributed by atoms with Gasteiger partial charge in [0.25, 0.3) is 0 Å². The molecule has 3 aromatic carbocycles. The minimum Gasteiger partial charge on any atom is -0.473 e. The molecule has 0 spiro atoms. The second kappa shape index (κ2) is 6.52. The molecule has 0 radical (unpaired) electrons. The van der Waals surface area contributed by atoms with Crippen molar-refractivity contribution in [3.05, 3.63) is 95.6 Å². The van der Waals surface area contributed by atoms with Gasteiger partial charge in [0.1, 0.15) is 5.75 Å². The Labute approximate surface area is 142 Å². The Bertz CT molecular complexity index is 889. The number of ether oxygens (including phenoxy) is 1. The fourth-order valence-corrected chi connectivity index (χ4v) is 2.76. The summed E-state index contributed by atoms with van der Waals surface area (Å²) in [6.07, 6.45) is 0. The zero-order chi connectivity index (χ0) is 16.2. The predicted molar refractivity (Wildman–Crippen MR) is 97.0 cm³/mol. The first-order chi connectivity index (χ1) is 11.9. The highest BCUT2D eigenvalue weighted by molar-refractivity contribution is 5.53. The molecule has 2 heteroatoms. The molecule has 0 bridgehead atoms. The molecule has 0 unspecified atom stereocenters. The van der Waals surface area contributed by atoms with Crippen LogP contribution < -0.4 is 9.64 Å². The molecule has 1 heterocycles. The van der Waals surface area contributed by atoms with Gasteiger partial charge in [-0.3, -0.25) is 0 Å². The van der Waals surface area contributed by atoms with E-state index >= 15 is 0 Å². The molecule has 3 aromatic rings. The number of hydrogen-bond donors (Lipinski definition) is 0. The fourth-order valence-electron chi connectivity index (χ4n) is 2.76. The summed E-state index contributed by atoms with van der Waals surface area (Å²) >= 11 is 0. The minimum atomic E-state index is 0.575. The number of hydrogen-bond acceptors (Lipinski definition) is 2. The number of benzene rings is 3. The molecule has 0 saturated heterocycles. The second-order valence-electron chi connectivity index (χ2n) is 5.74. The molecule has 0 saturated carbocycles. The van der Waals surface area contributed by atoms with Crippen LogP contribution in [0.4, 0.5) is 5.69 Å². The topological polar surface area (TPSA) is 12.5 Å². The third-order valence-electron chi connectivity index (χ3n) is 4.07. The van der Waals surface area contributed by atoms with Crippen molar-refractivity contribution in [3.63, 3.8) is 0 Å². The maximum atomic E-state index is 5.82. The smallest absolute Gasteiger partial charge is 0.161 e. The van der Waals surface area contributed by atoms with Crippen LogP contribution in [0.5, 0.6) is 5.75 Å². The molecular formula is C22H17NO. The van der Waals surface area contributed by atoms with E-state index in [1.165, 1.54) is 5.56 Å². The van der Waals surface area contributed by atoms with Gasteiger partial charge in [-0.25, -0.2) is 0 Å². The van der Waals surface area contributed by atoms with Gasteiger partial charge in [0.15, 0.2) is 6.73 Å². The summed E-state index contributed by atoms with van der Waals surface area (Å²) in [5, 5.41) is 0. The van der Waals surface area contributed by atoms with E-state index in [0.29, 0.717) is 6.73 Å². The van der Waals surface area contributed by atoms with Crippen molar-refractivity contribution in [2.24, 2.45) is 0 Å². The lowest BCUT2D eigenvalue weighted by molar-refractivity contribution is 0.289. The number of para-hydroxylation sites is 1. The number of fused-ring (bicyclic) bond motifs is 1. The van der Waals surface area contributed by atoms with Crippen molar-refractivity contribution in [1.82, 2.24) is 0 Å². The van der Waals surface area contributed by atoms with Crippen LogP contribution in [0.15, 0.2) is 78.9 Å². The molecule has 24 heavy (non-hydrogen) atoms. The molecule has 0 N–H and O–H groups in total. The zero-order valence-electron chi connectivity index (χ0n) is 13.3. The van der Waals surface area contributed by atoms with Gasteiger partial charge < -0.3 is 9.64 Å². The summed E-state index contributed by atoms with van der Waals surface area (Å²) < 4.78 is 5.82. The van der Waals surface area contributed by atoms with Crippen molar-refractivity contribution in [2.75, 3.05) is 11.6 Å². The van der Waals surface area contributed by atoms with E-state index in [-0.39, 0.29) is 0 Å². The van der Waals surface area contributed by atoms with Gasteiger partial charge in [0.05, 0.1) is 0 Å². The van der Waals surface area contributed by atoms with Gasteiger partial charge in [0, 0.05) is 28.9 Å². The Hall–Kier alpha value is -3.18. The van der Waals surface area contributed by atoms with Gasteiger partial charge in [-0.05, 0) is 42.5 Å². The molecule has 1 aliphatic rings. The van der Waals surface area contributed by atoms with Crippen LogP contribution in [-0.4, -0.2) is 6.73 Å².